The number of nitrogens with zero attached hydrogens (tertiary/aromatic N) is 1. The number of nitro benzene ring substituents is 1. The van der Waals surface area contributed by atoms with Gasteiger partial charge in [0, 0.05) is 6.07 Å². The standard InChI is InChI=1S/C11H10F3NO4/c1-3-19-9-5-7(15(17)18)4-8(11(12,13)14)10(9)6(2)16/h4-5H,3H2,1-2H3. The van der Waals surface area contributed by atoms with E-state index in [-0.39, 0.29) is 6.61 Å². The van der Waals surface area contributed by atoms with Crippen LogP contribution in [0.25, 0.3) is 0 Å². The second-order valence-corrected chi connectivity index (χ2v) is 3.61. The minimum atomic E-state index is -4.88. The highest BCUT2D eigenvalue weighted by Crippen LogP contribution is 2.39. The average molecular weight is 277 g/mol. The molecule has 0 aliphatic rings. The largest absolute Gasteiger partial charge is 0.493 e. The molecule has 0 radical (unpaired) electrons. The van der Waals surface area contributed by atoms with E-state index in [0.717, 1.165) is 13.0 Å². The maximum absolute atomic E-state index is 12.8. The molecule has 8 heteroatoms. The normalized spacial score (nSPS) is 11.2. The Balaban J connectivity index is 3.65. The molecule has 19 heavy (non-hydrogen) atoms. The Morgan fingerprint density at radius 1 is 1.42 bits per heavy atom. The molecular weight excluding hydrogens is 267 g/mol. The molecule has 0 aliphatic carbocycles. The SMILES string of the molecule is CCOc1cc([N+](=O)[O-])cc(C(F)(F)F)c1C(C)=O. The van der Waals surface area contributed by atoms with Crippen LogP contribution in [0, 0.1) is 10.1 Å². The van der Waals surface area contributed by atoms with Gasteiger partial charge in [0.25, 0.3) is 5.69 Å². The number of halogens is 3. The van der Waals surface area contributed by atoms with Gasteiger partial charge in [-0.05, 0) is 13.8 Å². The summed E-state index contributed by atoms with van der Waals surface area (Å²) in [5.41, 5.74) is -2.83. The second-order valence-electron chi connectivity index (χ2n) is 3.61. The van der Waals surface area contributed by atoms with Gasteiger partial charge in [-0.25, -0.2) is 0 Å². The zero-order valence-electron chi connectivity index (χ0n) is 10.1. The van der Waals surface area contributed by atoms with E-state index in [1.54, 1.807) is 0 Å². The van der Waals surface area contributed by atoms with Gasteiger partial charge in [-0.3, -0.25) is 14.9 Å². The highest BCUT2D eigenvalue weighted by Gasteiger charge is 2.38. The van der Waals surface area contributed by atoms with Crippen molar-refractivity contribution >= 4 is 11.5 Å². The van der Waals surface area contributed by atoms with Gasteiger partial charge in [0.05, 0.1) is 28.7 Å². The van der Waals surface area contributed by atoms with E-state index >= 15 is 0 Å². The second kappa shape index (κ2) is 5.25. The summed E-state index contributed by atoms with van der Waals surface area (Å²) in [7, 11) is 0. The Morgan fingerprint density at radius 3 is 2.37 bits per heavy atom. The monoisotopic (exact) mass is 277 g/mol. The van der Waals surface area contributed by atoms with Crippen LogP contribution in [0.2, 0.25) is 0 Å². The van der Waals surface area contributed by atoms with Crippen LogP contribution >= 0.6 is 0 Å². The van der Waals surface area contributed by atoms with Gasteiger partial charge in [0.2, 0.25) is 0 Å². The number of rotatable bonds is 4. The summed E-state index contributed by atoms with van der Waals surface area (Å²) in [5.74, 6) is -1.30. The molecule has 0 unspecified atom stereocenters. The Morgan fingerprint density at radius 2 is 2.00 bits per heavy atom. The molecule has 0 spiro atoms. The van der Waals surface area contributed by atoms with Gasteiger partial charge >= 0.3 is 6.18 Å². The van der Waals surface area contributed by atoms with Crippen molar-refractivity contribution < 1.29 is 27.6 Å². The fraction of sp³-hybridized carbons (Fsp3) is 0.364. The molecule has 5 nitrogen and oxygen atoms in total. The molecule has 1 aromatic carbocycles. The molecule has 0 amide bonds. The van der Waals surface area contributed by atoms with E-state index in [1.165, 1.54) is 6.92 Å². The molecular formula is C11H10F3NO4. The van der Waals surface area contributed by atoms with E-state index < -0.39 is 39.4 Å². The third-order valence-electron chi connectivity index (χ3n) is 2.26. The molecule has 1 aromatic rings. The highest BCUT2D eigenvalue weighted by molar-refractivity contribution is 5.99. The topological polar surface area (TPSA) is 69.4 Å². The minimum absolute atomic E-state index is 0.0151. The van der Waals surface area contributed by atoms with Crippen molar-refractivity contribution in [3.63, 3.8) is 0 Å². The number of hydrogen-bond donors (Lipinski definition) is 0. The predicted molar refractivity (Wildman–Crippen MR) is 59.3 cm³/mol. The zero-order chi connectivity index (χ0) is 14.8. The van der Waals surface area contributed by atoms with E-state index in [1.807, 2.05) is 0 Å². The number of carbonyl (C=O) groups excluding carboxylic acids is 1. The van der Waals surface area contributed by atoms with E-state index in [9.17, 15) is 28.1 Å². The zero-order valence-corrected chi connectivity index (χ0v) is 10.1. The van der Waals surface area contributed by atoms with Gasteiger partial charge < -0.3 is 4.74 Å². The molecule has 0 bridgehead atoms. The summed E-state index contributed by atoms with van der Waals surface area (Å²) in [6.07, 6.45) is -4.88. The number of benzene rings is 1. The number of Topliss-reactive ketones (excluding diaryl/α,β-unsaturated/α-hetero) is 1. The maximum atomic E-state index is 12.8. The summed E-state index contributed by atoms with van der Waals surface area (Å²) in [4.78, 5) is 21.0. The number of carbonyl (C=O) groups is 1. The van der Waals surface area contributed by atoms with E-state index in [4.69, 9.17) is 4.74 Å². The molecule has 104 valence electrons. The number of ketones is 1. The Kier molecular flexibility index (Phi) is 4.13. The summed E-state index contributed by atoms with van der Waals surface area (Å²) in [6, 6.07) is 1.15. The maximum Gasteiger partial charge on any atom is 0.417 e. The first-order chi connectivity index (χ1) is 8.68. The Bertz CT molecular complexity index is 525. The lowest BCUT2D eigenvalue weighted by Gasteiger charge is -2.15. The summed E-state index contributed by atoms with van der Waals surface area (Å²) in [6.45, 7) is 2.42. The van der Waals surface area contributed by atoms with E-state index in [0.29, 0.717) is 6.07 Å². The predicted octanol–water partition coefficient (Wildman–Crippen LogP) is 3.21. The van der Waals surface area contributed by atoms with Crippen molar-refractivity contribution in [1.82, 2.24) is 0 Å². The molecule has 0 aliphatic heterocycles. The first-order valence-corrected chi connectivity index (χ1v) is 5.21. The van der Waals surface area contributed by atoms with Crippen LogP contribution in [-0.4, -0.2) is 17.3 Å². The molecule has 0 aromatic heterocycles. The van der Waals surface area contributed by atoms with Crippen LogP contribution in [0.5, 0.6) is 5.75 Å². The van der Waals surface area contributed by atoms with Gasteiger partial charge in [0.1, 0.15) is 5.75 Å². The minimum Gasteiger partial charge on any atom is -0.493 e. The highest BCUT2D eigenvalue weighted by atomic mass is 19.4. The molecule has 0 fully saturated rings. The fourth-order valence-corrected chi connectivity index (χ4v) is 1.56. The number of alkyl halides is 3. The Labute approximate surface area is 106 Å². The van der Waals surface area contributed by atoms with Crippen molar-refractivity contribution in [3.05, 3.63) is 33.4 Å². The van der Waals surface area contributed by atoms with Crippen molar-refractivity contribution in [1.29, 1.82) is 0 Å². The van der Waals surface area contributed by atoms with E-state index in [2.05, 4.69) is 0 Å². The number of ether oxygens (including phenoxy) is 1. The first-order valence-electron chi connectivity index (χ1n) is 5.21. The molecule has 0 N–H and O–H groups in total. The van der Waals surface area contributed by atoms with Gasteiger partial charge in [-0.1, -0.05) is 0 Å². The molecule has 0 saturated carbocycles. The first kappa shape index (κ1) is 14.9. The summed E-state index contributed by atoms with van der Waals surface area (Å²) < 4.78 is 43.4. The number of hydrogen-bond acceptors (Lipinski definition) is 4. The molecule has 0 saturated heterocycles. The van der Waals surface area contributed by atoms with Gasteiger partial charge in [0.15, 0.2) is 5.78 Å². The van der Waals surface area contributed by atoms with Crippen LogP contribution in [0.3, 0.4) is 0 Å². The number of non-ortho nitro benzene ring substituents is 1. The Hall–Kier alpha value is -2.12. The lowest BCUT2D eigenvalue weighted by Crippen LogP contribution is -2.14. The van der Waals surface area contributed by atoms with Crippen molar-refractivity contribution in [2.24, 2.45) is 0 Å². The fourth-order valence-electron chi connectivity index (χ4n) is 1.56. The quantitative estimate of drug-likeness (QED) is 0.481. The molecule has 1 rings (SSSR count). The molecule has 0 atom stereocenters. The lowest BCUT2D eigenvalue weighted by molar-refractivity contribution is -0.385. The van der Waals surface area contributed by atoms with Crippen molar-refractivity contribution in [3.8, 4) is 5.75 Å². The van der Waals surface area contributed by atoms with Crippen LogP contribution in [0.4, 0.5) is 18.9 Å². The van der Waals surface area contributed by atoms with Gasteiger partial charge in [-0.2, -0.15) is 13.2 Å². The third kappa shape index (κ3) is 3.21. The lowest BCUT2D eigenvalue weighted by atomic mass is 10.0. The summed E-state index contributed by atoms with van der Waals surface area (Å²) >= 11 is 0. The van der Waals surface area contributed by atoms with Crippen LogP contribution in [0.15, 0.2) is 12.1 Å². The average Bonchev–Trinajstić information content (AvgIpc) is 2.26. The van der Waals surface area contributed by atoms with Crippen molar-refractivity contribution in [2.75, 3.05) is 6.61 Å². The van der Waals surface area contributed by atoms with Crippen LogP contribution in [0.1, 0.15) is 29.8 Å². The van der Waals surface area contributed by atoms with Crippen molar-refractivity contribution in [2.45, 2.75) is 20.0 Å². The number of nitro groups is 1. The molecule has 0 heterocycles. The smallest absolute Gasteiger partial charge is 0.417 e. The van der Waals surface area contributed by atoms with Crippen LogP contribution in [-0.2, 0) is 6.18 Å². The van der Waals surface area contributed by atoms with Crippen LogP contribution < -0.4 is 4.74 Å². The summed E-state index contributed by atoms with van der Waals surface area (Å²) in [5, 5.41) is 10.6. The third-order valence-corrected chi connectivity index (χ3v) is 2.26. The van der Waals surface area contributed by atoms with Gasteiger partial charge in [-0.15, -0.1) is 0 Å².